The van der Waals surface area contributed by atoms with Gasteiger partial charge in [-0.1, -0.05) is 6.92 Å². The van der Waals surface area contributed by atoms with Crippen LogP contribution in [0.25, 0.3) is 0 Å². The number of nitrogens with two attached hydrogens (primary N) is 1. The number of carbonyl (C=O) groups excluding carboxylic acids is 2. The van der Waals surface area contributed by atoms with Crippen LogP contribution in [-0.4, -0.2) is 37.0 Å². The van der Waals surface area contributed by atoms with Gasteiger partial charge in [-0.3, -0.25) is 15.0 Å². The Morgan fingerprint density at radius 1 is 1.50 bits per heavy atom. The van der Waals surface area contributed by atoms with Gasteiger partial charge in [0.2, 0.25) is 5.91 Å². The lowest BCUT2D eigenvalue weighted by Gasteiger charge is -2.11. The molecule has 0 radical (unpaired) electrons. The van der Waals surface area contributed by atoms with Crippen molar-refractivity contribution < 1.29 is 9.59 Å². The van der Waals surface area contributed by atoms with Gasteiger partial charge in [0.1, 0.15) is 0 Å². The van der Waals surface area contributed by atoms with Crippen molar-refractivity contribution in [1.82, 2.24) is 10.2 Å². The zero-order valence-corrected chi connectivity index (χ0v) is 7.98. The molecule has 0 bridgehead atoms. The van der Waals surface area contributed by atoms with Gasteiger partial charge >= 0.3 is 6.03 Å². The van der Waals surface area contributed by atoms with E-state index in [1.165, 1.54) is 0 Å². The van der Waals surface area contributed by atoms with Gasteiger partial charge in [-0.25, -0.2) is 4.79 Å². The Morgan fingerprint density at radius 2 is 2.00 bits per heavy atom. The molecule has 0 fully saturated rings. The van der Waals surface area contributed by atoms with Crippen LogP contribution in [0.4, 0.5) is 4.79 Å². The zero-order valence-electron chi connectivity index (χ0n) is 7.16. The first kappa shape index (κ1) is 13.8. The van der Waals surface area contributed by atoms with Crippen LogP contribution >= 0.6 is 12.4 Å². The molecule has 0 unspecified atom stereocenters. The van der Waals surface area contributed by atoms with E-state index in [4.69, 9.17) is 5.73 Å². The summed E-state index contributed by atoms with van der Waals surface area (Å²) < 4.78 is 0. The SMILES string of the molecule is CCN(C)CC(=O)NC(N)=O.Cl. The van der Waals surface area contributed by atoms with E-state index in [9.17, 15) is 9.59 Å². The lowest BCUT2D eigenvalue weighted by molar-refractivity contribution is -0.120. The van der Waals surface area contributed by atoms with Gasteiger partial charge in [0.05, 0.1) is 6.54 Å². The predicted molar refractivity (Wildman–Crippen MR) is 48.1 cm³/mol. The minimum absolute atomic E-state index is 0. The van der Waals surface area contributed by atoms with Crippen LogP contribution in [0.3, 0.4) is 0 Å². The lowest BCUT2D eigenvalue weighted by Crippen LogP contribution is -2.41. The highest BCUT2D eigenvalue weighted by Crippen LogP contribution is 1.78. The van der Waals surface area contributed by atoms with E-state index >= 15 is 0 Å². The van der Waals surface area contributed by atoms with E-state index < -0.39 is 6.03 Å². The van der Waals surface area contributed by atoms with Gasteiger partial charge < -0.3 is 5.73 Å². The van der Waals surface area contributed by atoms with Gasteiger partial charge in [0.25, 0.3) is 0 Å². The molecular formula is C6H14ClN3O2. The number of primary amides is 1. The number of imide groups is 1. The number of amides is 3. The highest BCUT2D eigenvalue weighted by atomic mass is 35.5. The second-order valence-corrected chi connectivity index (χ2v) is 2.24. The summed E-state index contributed by atoms with van der Waals surface area (Å²) in [7, 11) is 1.78. The summed E-state index contributed by atoms with van der Waals surface area (Å²) in [4.78, 5) is 22.7. The second-order valence-electron chi connectivity index (χ2n) is 2.24. The van der Waals surface area contributed by atoms with Crippen LogP contribution in [0.1, 0.15) is 6.92 Å². The van der Waals surface area contributed by atoms with Crippen molar-refractivity contribution in [3.8, 4) is 0 Å². The van der Waals surface area contributed by atoms with E-state index in [-0.39, 0.29) is 24.9 Å². The van der Waals surface area contributed by atoms with Crippen molar-refractivity contribution in [1.29, 1.82) is 0 Å². The van der Waals surface area contributed by atoms with Crippen molar-refractivity contribution in [2.75, 3.05) is 20.1 Å². The molecule has 0 aromatic rings. The molecule has 6 heteroatoms. The Bertz CT molecular complexity index is 163. The summed E-state index contributed by atoms with van der Waals surface area (Å²) in [6, 6.07) is -0.806. The fourth-order valence-electron chi connectivity index (χ4n) is 0.534. The number of nitrogens with one attached hydrogen (secondary N) is 1. The number of likely N-dealkylation sites (N-methyl/N-ethyl adjacent to an activating group) is 1. The van der Waals surface area contributed by atoms with E-state index in [0.717, 1.165) is 6.54 Å². The smallest absolute Gasteiger partial charge is 0.318 e. The molecule has 5 nitrogen and oxygen atoms in total. The maximum atomic E-state index is 10.8. The van der Waals surface area contributed by atoms with Crippen molar-refractivity contribution in [2.24, 2.45) is 5.73 Å². The molecule has 0 rings (SSSR count). The van der Waals surface area contributed by atoms with Gasteiger partial charge in [-0.2, -0.15) is 0 Å². The van der Waals surface area contributed by atoms with Gasteiger partial charge in [0, 0.05) is 0 Å². The van der Waals surface area contributed by atoms with Gasteiger partial charge in [0.15, 0.2) is 0 Å². The molecule has 0 heterocycles. The van der Waals surface area contributed by atoms with E-state index in [1.54, 1.807) is 11.9 Å². The Morgan fingerprint density at radius 3 is 2.33 bits per heavy atom. The zero-order chi connectivity index (χ0) is 8.85. The van der Waals surface area contributed by atoms with Crippen molar-refractivity contribution >= 4 is 24.3 Å². The lowest BCUT2D eigenvalue weighted by atomic mass is 10.5. The van der Waals surface area contributed by atoms with Gasteiger partial charge in [-0.05, 0) is 13.6 Å². The van der Waals surface area contributed by atoms with Crippen LogP contribution in [0.2, 0.25) is 0 Å². The molecule has 0 saturated heterocycles. The first-order chi connectivity index (χ1) is 5.06. The highest BCUT2D eigenvalue weighted by molar-refractivity contribution is 5.94. The molecule has 72 valence electrons. The molecule has 0 aromatic heterocycles. The van der Waals surface area contributed by atoms with Crippen molar-refractivity contribution in [3.63, 3.8) is 0 Å². The molecule has 0 aliphatic rings. The molecular weight excluding hydrogens is 182 g/mol. The molecule has 0 spiro atoms. The van der Waals surface area contributed by atoms with Crippen LogP contribution in [0, 0.1) is 0 Å². The molecule has 0 atom stereocenters. The molecule has 3 amide bonds. The number of nitrogens with zero attached hydrogens (tertiary/aromatic N) is 1. The fourth-order valence-corrected chi connectivity index (χ4v) is 0.534. The summed E-state index contributed by atoms with van der Waals surface area (Å²) >= 11 is 0. The van der Waals surface area contributed by atoms with Crippen LogP contribution in [-0.2, 0) is 4.79 Å². The van der Waals surface area contributed by atoms with Gasteiger partial charge in [-0.15, -0.1) is 12.4 Å². The predicted octanol–water partition coefficient (Wildman–Crippen LogP) is -0.445. The topological polar surface area (TPSA) is 75.4 Å². The minimum atomic E-state index is -0.806. The third kappa shape index (κ3) is 7.30. The molecule has 12 heavy (non-hydrogen) atoms. The second kappa shape index (κ2) is 6.87. The van der Waals surface area contributed by atoms with E-state index in [2.05, 4.69) is 0 Å². The summed E-state index contributed by atoms with van der Waals surface area (Å²) in [5, 5.41) is 1.97. The summed E-state index contributed by atoms with van der Waals surface area (Å²) in [5.41, 5.74) is 4.72. The minimum Gasteiger partial charge on any atom is -0.351 e. The number of hydrogen-bond donors (Lipinski definition) is 2. The number of hydrogen-bond acceptors (Lipinski definition) is 3. The molecule has 0 aliphatic carbocycles. The highest BCUT2D eigenvalue weighted by Gasteiger charge is 2.05. The fraction of sp³-hybridized carbons (Fsp3) is 0.667. The molecule has 0 aromatic carbocycles. The number of urea groups is 1. The number of rotatable bonds is 3. The Hall–Kier alpha value is -0.810. The number of carbonyl (C=O) groups is 2. The van der Waals surface area contributed by atoms with Crippen LogP contribution < -0.4 is 11.1 Å². The Labute approximate surface area is 77.7 Å². The average molecular weight is 196 g/mol. The molecule has 3 N–H and O–H groups in total. The largest absolute Gasteiger partial charge is 0.351 e. The monoisotopic (exact) mass is 195 g/mol. The third-order valence-corrected chi connectivity index (χ3v) is 1.22. The maximum absolute atomic E-state index is 10.8. The molecule has 0 aliphatic heterocycles. The Balaban J connectivity index is 0. The average Bonchev–Trinajstić information content (AvgIpc) is 1.85. The summed E-state index contributed by atoms with van der Waals surface area (Å²) in [6.45, 7) is 2.86. The number of halogens is 1. The summed E-state index contributed by atoms with van der Waals surface area (Å²) in [5.74, 6) is -0.373. The first-order valence-corrected chi connectivity index (χ1v) is 3.34. The van der Waals surface area contributed by atoms with Crippen LogP contribution in [0.15, 0.2) is 0 Å². The quantitative estimate of drug-likeness (QED) is 0.641. The standard InChI is InChI=1S/C6H13N3O2.ClH/c1-3-9(2)4-5(10)8-6(7)11;/h3-4H2,1-2H3,(H3,7,8,10,11);1H. The Kier molecular flexibility index (Phi) is 7.88. The van der Waals surface area contributed by atoms with E-state index in [1.807, 2.05) is 12.2 Å². The normalized spacial score (nSPS) is 8.92. The van der Waals surface area contributed by atoms with Crippen molar-refractivity contribution in [2.45, 2.75) is 6.92 Å². The molecule has 0 saturated carbocycles. The third-order valence-electron chi connectivity index (χ3n) is 1.22. The first-order valence-electron chi connectivity index (χ1n) is 3.34. The maximum Gasteiger partial charge on any atom is 0.318 e. The van der Waals surface area contributed by atoms with E-state index in [0.29, 0.717) is 0 Å². The van der Waals surface area contributed by atoms with Crippen molar-refractivity contribution in [3.05, 3.63) is 0 Å². The summed E-state index contributed by atoms with van der Waals surface area (Å²) in [6.07, 6.45) is 0. The van der Waals surface area contributed by atoms with Crippen LogP contribution in [0.5, 0.6) is 0 Å².